The van der Waals surface area contributed by atoms with E-state index in [2.05, 4.69) is 20.7 Å². The van der Waals surface area contributed by atoms with Crippen LogP contribution in [0.4, 0.5) is 17.2 Å². The number of pyridine rings is 1. The predicted octanol–water partition coefficient (Wildman–Crippen LogP) is 2.37. The summed E-state index contributed by atoms with van der Waals surface area (Å²) in [5, 5.41) is 11.1. The summed E-state index contributed by atoms with van der Waals surface area (Å²) in [4.78, 5) is 27.8. The highest BCUT2D eigenvalue weighted by Gasteiger charge is 2.21. The van der Waals surface area contributed by atoms with Crippen molar-refractivity contribution in [2.75, 3.05) is 17.7 Å². The average molecular weight is 323 g/mol. The van der Waals surface area contributed by atoms with E-state index in [1.807, 2.05) is 30.3 Å². The van der Waals surface area contributed by atoms with Crippen LogP contribution in [-0.4, -0.2) is 34.6 Å². The molecule has 1 aromatic carbocycles. The van der Waals surface area contributed by atoms with Crippen LogP contribution in [0, 0.1) is 0 Å². The summed E-state index contributed by atoms with van der Waals surface area (Å²) >= 11 is 0. The van der Waals surface area contributed by atoms with Crippen molar-refractivity contribution in [2.45, 2.75) is 12.8 Å². The predicted molar refractivity (Wildman–Crippen MR) is 92.0 cm³/mol. The monoisotopic (exact) mass is 323 g/mol. The van der Waals surface area contributed by atoms with E-state index in [9.17, 15) is 9.59 Å². The molecule has 0 radical (unpaired) electrons. The summed E-state index contributed by atoms with van der Waals surface area (Å²) in [6.07, 6.45) is 2.21. The molecule has 0 aliphatic carbocycles. The summed E-state index contributed by atoms with van der Waals surface area (Å²) in [7, 11) is 1.54. The van der Waals surface area contributed by atoms with E-state index in [4.69, 9.17) is 0 Å². The van der Waals surface area contributed by atoms with Gasteiger partial charge in [0.25, 0.3) is 5.91 Å². The lowest BCUT2D eigenvalue weighted by atomic mass is 10.1. The van der Waals surface area contributed by atoms with Crippen LogP contribution in [0.1, 0.15) is 12.8 Å². The lowest BCUT2D eigenvalue weighted by Gasteiger charge is -2.18. The topological polar surface area (TPSA) is 86.7 Å². The normalized spacial score (nSPS) is 14.1. The highest BCUT2D eigenvalue weighted by atomic mass is 16.2. The highest BCUT2D eigenvalue weighted by Crippen LogP contribution is 2.16. The number of hydrazone groups is 1. The van der Waals surface area contributed by atoms with Gasteiger partial charge in [0.05, 0.1) is 11.9 Å². The molecule has 2 amide bonds. The van der Waals surface area contributed by atoms with Gasteiger partial charge in [0.2, 0.25) is 5.91 Å². The Bertz CT molecular complexity index is 771. The summed E-state index contributed by atoms with van der Waals surface area (Å²) in [5.74, 6) is 0.268. The number of rotatable bonds is 4. The van der Waals surface area contributed by atoms with Crippen molar-refractivity contribution in [2.24, 2.45) is 5.10 Å². The maximum absolute atomic E-state index is 12.2. The molecule has 0 atom stereocenters. The molecule has 24 heavy (non-hydrogen) atoms. The average Bonchev–Trinajstić information content (AvgIpc) is 2.60. The summed E-state index contributed by atoms with van der Waals surface area (Å²) in [5.41, 5.74) is 1.84. The molecule has 0 spiro atoms. The molecule has 0 unspecified atom stereocenters. The number of nitrogens with one attached hydrogen (secondary N) is 2. The molecule has 7 heteroatoms. The van der Waals surface area contributed by atoms with Gasteiger partial charge in [-0.25, -0.2) is 9.99 Å². The molecular formula is C17H17N5O2. The lowest BCUT2D eigenvalue weighted by molar-refractivity contribution is -0.130. The van der Waals surface area contributed by atoms with Gasteiger partial charge in [-0.15, -0.1) is 0 Å². The maximum Gasteiger partial charge on any atom is 0.271 e. The Hall–Kier alpha value is -3.22. The van der Waals surface area contributed by atoms with Gasteiger partial charge >= 0.3 is 0 Å². The van der Waals surface area contributed by atoms with Crippen LogP contribution in [0.3, 0.4) is 0 Å². The second-order valence-electron chi connectivity index (χ2n) is 5.34. The molecule has 1 aliphatic rings. The highest BCUT2D eigenvalue weighted by molar-refractivity contribution is 6.43. The van der Waals surface area contributed by atoms with Crippen molar-refractivity contribution in [3.63, 3.8) is 0 Å². The maximum atomic E-state index is 12.2. The molecule has 0 saturated heterocycles. The molecule has 7 nitrogen and oxygen atoms in total. The first-order chi connectivity index (χ1) is 11.6. The van der Waals surface area contributed by atoms with Gasteiger partial charge < -0.3 is 10.6 Å². The molecule has 2 heterocycles. The van der Waals surface area contributed by atoms with Gasteiger partial charge in [-0.3, -0.25) is 9.59 Å². The van der Waals surface area contributed by atoms with Crippen LogP contribution in [0.25, 0.3) is 0 Å². The van der Waals surface area contributed by atoms with Crippen molar-refractivity contribution in [1.29, 1.82) is 0 Å². The Morgan fingerprint density at radius 1 is 1.08 bits per heavy atom. The van der Waals surface area contributed by atoms with E-state index in [0.29, 0.717) is 30.1 Å². The number of anilines is 3. The van der Waals surface area contributed by atoms with Crippen molar-refractivity contribution in [1.82, 2.24) is 9.99 Å². The molecule has 1 aliphatic heterocycles. The number of aromatic nitrogens is 1. The van der Waals surface area contributed by atoms with Crippen LogP contribution in [0.2, 0.25) is 0 Å². The summed E-state index contributed by atoms with van der Waals surface area (Å²) in [6.45, 7) is 0. The molecule has 2 aromatic rings. The van der Waals surface area contributed by atoms with E-state index in [1.54, 1.807) is 25.4 Å². The van der Waals surface area contributed by atoms with Crippen LogP contribution >= 0.6 is 0 Å². The molecule has 1 aromatic heterocycles. The van der Waals surface area contributed by atoms with Crippen molar-refractivity contribution < 1.29 is 9.59 Å². The molecular weight excluding hydrogens is 306 g/mol. The first-order valence-corrected chi connectivity index (χ1v) is 7.55. The zero-order valence-corrected chi connectivity index (χ0v) is 13.2. The van der Waals surface area contributed by atoms with Gasteiger partial charge in [-0.05, 0) is 24.3 Å². The van der Waals surface area contributed by atoms with Crippen LogP contribution < -0.4 is 10.6 Å². The van der Waals surface area contributed by atoms with Gasteiger partial charge in [0.15, 0.2) is 0 Å². The minimum atomic E-state index is -0.320. The zero-order valence-electron chi connectivity index (χ0n) is 13.2. The van der Waals surface area contributed by atoms with Gasteiger partial charge in [-0.1, -0.05) is 18.2 Å². The van der Waals surface area contributed by atoms with Gasteiger partial charge in [-0.2, -0.15) is 5.10 Å². The van der Waals surface area contributed by atoms with E-state index in [-0.39, 0.29) is 11.8 Å². The SMILES string of the molecule is CN1N=C(C(=O)Nc2ccc(Nc3ccccc3)nc2)CCC1=O. The summed E-state index contributed by atoms with van der Waals surface area (Å²) in [6, 6.07) is 13.2. The number of nitrogens with zero attached hydrogens (tertiary/aromatic N) is 3. The Morgan fingerprint density at radius 3 is 2.54 bits per heavy atom. The molecule has 122 valence electrons. The Balaban J connectivity index is 1.63. The summed E-state index contributed by atoms with van der Waals surface area (Å²) < 4.78 is 0. The minimum Gasteiger partial charge on any atom is -0.340 e. The first-order valence-electron chi connectivity index (χ1n) is 7.55. The molecule has 0 bridgehead atoms. The van der Waals surface area contributed by atoms with E-state index in [1.165, 1.54) is 5.01 Å². The minimum absolute atomic E-state index is 0.0930. The second kappa shape index (κ2) is 6.91. The number of hydrogen-bond acceptors (Lipinski definition) is 5. The van der Waals surface area contributed by atoms with Crippen molar-refractivity contribution >= 4 is 34.7 Å². The van der Waals surface area contributed by atoms with E-state index < -0.39 is 0 Å². The van der Waals surface area contributed by atoms with Gasteiger partial charge in [0, 0.05) is 25.6 Å². The standard InChI is InChI=1S/C17H17N5O2/c1-22-16(23)10-8-14(21-22)17(24)20-13-7-9-15(18-11-13)19-12-5-3-2-4-6-12/h2-7,9,11H,8,10H2,1H3,(H,18,19)(H,20,24). The fraction of sp³-hybridized carbons (Fsp3) is 0.176. The zero-order chi connectivity index (χ0) is 16.9. The Labute approximate surface area is 139 Å². The quantitative estimate of drug-likeness (QED) is 0.904. The van der Waals surface area contributed by atoms with E-state index in [0.717, 1.165) is 5.69 Å². The largest absolute Gasteiger partial charge is 0.340 e. The smallest absolute Gasteiger partial charge is 0.271 e. The number of para-hydroxylation sites is 1. The number of hydrogen-bond donors (Lipinski definition) is 2. The third kappa shape index (κ3) is 3.75. The fourth-order valence-corrected chi connectivity index (χ4v) is 2.25. The number of carbonyl (C=O) groups is 2. The second-order valence-corrected chi connectivity index (χ2v) is 5.34. The molecule has 0 saturated carbocycles. The fourth-order valence-electron chi connectivity index (χ4n) is 2.25. The molecule has 3 rings (SSSR count). The molecule has 0 fully saturated rings. The lowest BCUT2D eigenvalue weighted by Crippen LogP contribution is -2.34. The van der Waals surface area contributed by atoms with Crippen LogP contribution in [0.5, 0.6) is 0 Å². The van der Waals surface area contributed by atoms with Crippen LogP contribution in [0.15, 0.2) is 53.8 Å². The van der Waals surface area contributed by atoms with E-state index >= 15 is 0 Å². The third-order valence-corrected chi connectivity index (χ3v) is 3.54. The molecule has 2 N–H and O–H groups in total. The number of carbonyl (C=O) groups excluding carboxylic acids is 2. The van der Waals surface area contributed by atoms with Crippen molar-refractivity contribution in [3.8, 4) is 0 Å². The van der Waals surface area contributed by atoms with Crippen LogP contribution in [-0.2, 0) is 9.59 Å². The first kappa shape index (κ1) is 15.7. The number of amides is 2. The Kier molecular flexibility index (Phi) is 4.51. The van der Waals surface area contributed by atoms with Crippen molar-refractivity contribution in [3.05, 3.63) is 48.7 Å². The Morgan fingerprint density at radius 2 is 1.88 bits per heavy atom. The third-order valence-electron chi connectivity index (χ3n) is 3.54. The van der Waals surface area contributed by atoms with Gasteiger partial charge in [0.1, 0.15) is 11.5 Å². The number of benzene rings is 1.